The molecule has 1 aromatic carbocycles. The summed E-state index contributed by atoms with van der Waals surface area (Å²) in [5.74, 6) is 0.110. The van der Waals surface area contributed by atoms with Crippen LogP contribution in [0.5, 0.6) is 0 Å². The van der Waals surface area contributed by atoms with Crippen molar-refractivity contribution in [2.75, 3.05) is 18.8 Å². The lowest BCUT2D eigenvalue weighted by Gasteiger charge is -2.33. The highest BCUT2D eigenvalue weighted by Crippen LogP contribution is 2.31. The van der Waals surface area contributed by atoms with E-state index in [4.69, 9.17) is 10.5 Å². The summed E-state index contributed by atoms with van der Waals surface area (Å²) in [4.78, 5) is 13.8. The quantitative estimate of drug-likeness (QED) is 0.481. The first-order valence-electron chi connectivity index (χ1n) is 10.0. The molecule has 0 aliphatic carbocycles. The maximum absolute atomic E-state index is 13.4. The molecule has 5 heteroatoms. The van der Waals surface area contributed by atoms with Gasteiger partial charge in [0.05, 0.1) is 0 Å². The number of amides is 1. The highest BCUT2D eigenvalue weighted by molar-refractivity contribution is 5.73. The molecule has 1 heterocycles. The van der Waals surface area contributed by atoms with Crippen LogP contribution in [0.1, 0.15) is 52.5 Å². The van der Waals surface area contributed by atoms with Crippen LogP contribution in [0.4, 0.5) is 14.9 Å². The van der Waals surface area contributed by atoms with Gasteiger partial charge in [-0.3, -0.25) is 0 Å². The number of nitrogens with two attached hydrogens (primary N) is 1. The number of piperidine rings is 1. The monoisotopic (exact) mass is 402 g/mol. The van der Waals surface area contributed by atoms with Crippen LogP contribution >= 0.6 is 0 Å². The zero-order valence-corrected chi connectivity index (χ0v) is 18.2. The summed E-state index contributed by atoms with van der Waals surface area (Å²) in [5, 5.41) is 0. The fraction of sp³-hybridized carbons (Fsp3) is 0.458. The molecule has 0 bridgehead atoms. The zero-order chi connectivity index (χ0) is 22.0. The number of anilines is 1. The largest absolute Gasteiger partial charge is 0.444 e. The van der Waals surface area contributed by atoms with Crippen molar-refractivity contribution in [3.8, 4) is 0 Å². The van der Waals surface area contributed by atoms with E-state index in [9.17, 15) is 9.18 Å². The van der Waals surface area contributed by atoms with E-state index in [1.54, 1.807) is 17.0 Å². The molecule has 0 radical (unpaired) electrons. The number of likely N-dealkylation sites (tertiary alicyclic amines) is 1. The molecule has 2 rings (SSSR count). The molecule has 0 spiro atoms. The third-order valence-electron chi connectivity index (χ3n) is 4.53. The summed E-state index contributed by atoms with van der Waals surface area (Å²) in [5.41, 5.74) is 7.53. The van der Waals surface area contributed by atoms with E-state index in [2.05, 4.69) is 13.2 Å². The lowest BCUT2D eigenvalue weighted by molar-refractivity contribution is 0.0186. The van der Waals surface area contributed by atoms with Crippen molar-refractivity contribution >= 4 is 17.4 Å². The molecule has 1 aliphatic heterocycles. The number of rotatable bonds is 4. The van der Waals surface area contributed by atoms with Crippen molar-refractivity contribution in [2.24, 2.45) is 5.92 Å². The van der Waals surface area contributed by atoms with Crippen molar-refractivity contribution in [1.29, 1.82) is 0 Å². The van der Waals surface area contributed by atoms with Crippen LogP contribution < -0.4 is 5.73 Å². The molecule has 0 aromatic heterocycles. The summed E-state index contributed by atoms with van der Waals surface area (Å²) in [6.45, 7) is 16.4. The number of carbonyl (C=O) groups excluding carboxylic acids is 1. The van der Waals surface area contributed by atoms with Crippen LogP contribution in [0, 0.1) is 11.7 Å². The van der Waals surface area contributed by atoms with Gasteiger partial charge in [0.15, 0.2) is 0 Å². The molecule has 1 fully saturated rings. The molecule has 160 valence electrons. The number of nitrogens with zero attached hydrogens (tertiary/aromatic N) is 1. The Morgan fingerprint density at radius 3 is 2.45 bits per heavy atom. The van der Waals surface area contributed by atoms with Crippen molar-refractivity contribution in [1.82, 2.24) is 4.90 Å². The molecule has 1 aromatic rings. The van der Waals surface area contributed by atoms with Crippen molar-refractivity contribution in [2.45, 2.75) is 52.6 Å². The normalized spacial score (nSPS) is 14.9. The Balaban J connectivity index is 0.000000749. The number of ether oxygens (including phenoxy) is 1. The lowest BCUT2D eigenvalue weighted by Crippen LogP contribution is -2.41. The third-order valence-corrected chi connectivity index (χ3v) is 4.53. The number of hydrogen-bond acceptors (Lipinski definition) is 3. The number of hydrogen-bond donors (Lipinski definition) is 1. The van der Waals surface area contributed by atoms with Crippen LogP contribution in [0.3, 0.4) is 0 Å². The SMILES string of the molecule is C=C(CC1CCN(C(=O)OC(C)(C)C)CC1)c1cc(F)ccc1N.C=C/C=C\C. The van der Waals surface area contributed by atoms with E-state index in [-0.39, 0.29) is 11.9 Å². The van der Waals surface area contributed by atoms with Gasteiger partial charge in [-0.25, -0.2) is 9.18 Å². The summed E-state index contributed by atoms with van der Waals surface area (Å²) < 4.78 is 18.8. The Kier molecular flexibility index (Phi) is 9.66. The molecule has 1 saturated heterocycles. The minimum absolute atomic E-state index is 0.255. The molecule has 29 heavy (non-hydrogen) atoms. The van der Waals surface area contributed by atoms with Gasteiger partial charge in [0, 0.05) is 24.3 Å². The second kappa shape index (κ2) is 11.4. The third kappa shape index (κ3) is 8.99. The Labute approximate surface area is 174 Å². The Bertz CT molecular complexity index is 727. The number of halogens is 1. The standard InChI is InChI=1S/C19H27FN2O2.C5H8/c1-13(16-12-15(20)5-6-17(16)21)11-14-7-9-22(10-8-14)18(23)24-19(2,3)4;1-3-5-4-2/h5-6,12,14H,1,7-11,21H2,2-4H3;3-5H,1H2,2H3/b;5-4-. The lowest BCUT2D eigenvalue weighted by atomic mass is 9.88. The van der Waals surface area contributed by atoms with Crippen molar-refractivity contribution < 1.29 is 13.9 Å². The van der Waals surface area contributed by atoms with E-state index in [0.717, 1.165) is 24.8 Å². The van der Waals surface area contributed by atoms with E-state index >= 15 is 0 Å². The first kappa shape index (κ1) is 24.5. The van der Waals surface area contributed by atoms with Gasteiger partial charge >= 0.3 is 6.09 Å². The van der Waals surface area contributed by atoms with Crippen molar-refractivity contribution in [3.05, 3.63) is 61.0 Å². The molecule has 1 aliphatic rings. The van der Waals surface area contributed by atoms with Crippen molar-refractivity contribution in [3.63, 3.8) is 0 Å². The topological polar surface area (TPSA) is 55.6 Å². The van der Waals surface area contributed by atoms with Gasteiger partial charge < -0.3 is 15.4 Å². The van der Waals surface area contributed by atoms with E-state index in [1.807, 2.05) is 39.8 Å². The van der Waals surface area contributed by atoms with Crippen LogP contribution in [0.2, 0.25) is 0 Å². The van der Waals surface area contributed by atoms with Gasteiger partial charge in [0.1, 0.15) is 11.4 Å². The zero-order valence-electron chi connectivity index (χ0n) is 18.2. The number of carbonyl (C=O) groups is 1. The Hall–Kier alpha value is -2.56. The predicted molar refractivity (Wildman–Crippen MR) is 120 cm³/mol. The Morgan fingerprint density at radius 2 is 1.97 bits per heavy atom. The first-order valence-corrected chi connectivity index (χ1v) is 10.0. The van der Waals surface area contributed by atoms with Gasteiger partial charge in [0.25, 0.3) is 0 Å². The summed E-state index contributed by atoms with van der Waals surface area (Å²) in [6.07, 6.45) is 7.85. The fourth-order valence-corrected chi connectivity index (χ4v) is 3.08. The molecule has 0 saturated carbocycles. The smallest absolute Gasteiger partial charge is 0.410 e. The molecule has 1 amide bonds. The molecular formula is C24H35FN2O2. The summed E-state index contributed by atoms with van der Waals surface area (Å²) in [7, 11) is 0. The number of allylic oxidation sites excluding steroid dienone is 4. The first-order chi connectivity index (χ1) is 13.6. The predicted octanol–water partition coefficient (Wildman–Crippen LogP) is 6.21. The highest BCUT2D eigenvalue weighted by Gasteiger charge is 2.27. The van der Waals surface area contributed by atoms with Gasteiger partial charge in [-0.05, 0) is 76.6 Å². The van der Waals surface area contributed by atoms with E-state index < -0.39 is 5.60 Å². The minimum atomic E-state index is -0.475. The van der Waals surface area contributed by atoms with Gasteiger partial charge in [-0.15, -0.1) is 0 Å². The van der Waals surface area contributed by atoms with Crippen LogP contribution in [-0.4, -0.2) is 29.7 Å². The minimum Gasteiger partial charge on any atom is -0.444 e. The average molecular weight is 403 g/mol. The molecular weight excluding hydrogens is 367 g/mol. The van der Waals surface area contributed by atoms with Crippen LogP contribution in [-0.2, 0) is 4.74 Å². The number of nitrogen functional groups attached to an aromatic ring is 1. The second-order valence-corrected chi connectivity index (χ2v) is 8.21. The maximum Gasteiger partial charge on any atom is 0.410 e. The molecule has 4 nitrogen and oxygen atoms in total. The maximum atomic E-state index is 13.4. The Morgan fingerprint density at radius 1 is 1.34 bits per heavy atom. The summed E-state index contributed by atoms with van der Waals surface area (Å²) in [6, 6.07) is 4.36. The average Bonchev–Trinajstić information content (AvgIpc) is 2.64. The van der Waals surface area contributed by atoms with Gasteiger partial charge in [-0.2, -0.15) is 0 Å². The second-order valence-electron chi connectivity index (χ2n) is 8.21. The molecule has 0 unspecified atom stereocenters. The molecule has 2 N–H and O–H groups in total. The van der Waals surface area contributed by atoms with Gasteiger partial charge in [-0.1, -0.05) is 31.4 Å². The molecule has 0 atom stereocenters. The van der Waals surface area contributed by atoms with Crippen LogP contribution in [0.25, 0.3) is 5.57 Å². The van der Waals surface area contributed by atoms with Gasteiger partial charge in [0.2, 0.25) is 0 Å². The highest BCUT2D eigenvalue weighted by atomic mass is 19.1. The summed E-state index contributed by atoms with van der Waals surface area (Å²) >= 11 is 0. The van der Waals surface area contributed by atoms with Crippen LogP contribution in [0.15, 0.2) is 49.6 Å². The van der Waals surface area contributed by atoms with E-state index in [1.165, 1.54) is 12.1 Å². The fourth-order valence-electron chi connectivity index (χ4n) is 3.08. The van der Waals surface area contributed by atoms with E-state index in [0.29, 0.717) is 30.3 Å². The number of benzene rings is 1.